The van der Waals surface area contributed by atoms with E-state index < -0.39 is 0 Å². The Bertz CT molecular complexity index is 516. The lowest BCUT2D eigenvalue weighted by Gasteiger charge is -2.16. The average Bonchev–Trinajstić information content (AvgIpc) is 2.61. The van der Waals surface area contributed by atoms with Crippen molar-refractivity contribution in [3.63, 3.8) is 0 Å². The van der Waals surface area contributed by atoms with Gasteiger partial charge in [-0.1, -0.05) is 18.2 Å². The van der Waals surface area contributed by atoms with Crippen molar-refractivity contribution in [2.75, 3.05) is 13.7 Å². The first-order valence-electron chi connectivity index (χ1n) is 6.02. The fourth-order valence-corrected chi connectivity index (χ4v) is 2.55. The van der Waals surface area contributed by atoms with Crippen LogP contribution in [0.25, 0.3) is 10.9 Å². The highest BCUT2D eigenvalue weighted by Gasteiger charge is 2.18. The predicted molar refractivity (Wildman–Crippen MR) is 71.2 cm³/mol. The summed E-state index contributed by atoms with van der Waals surface area (Å²) in [5.74, 6) is 0. The van der Waals surface area contributed by atoms with Crippen molar-refractivity contribution in [1.29, 1.82) is 0 Å². The number of para-hydroxylation sites is 1. The molecule has 1 atom stereocenters. The number of hydrogen-bond acceptors (Lipinski definition) is 2. The molecule has 1 unspecified atom stereocenters. The molecule has 17 heavy (non-hydrogen) atoms. The van der Waals surface area contributed by atoms with Crippen LogP contribution in [-0.4, -0.2) is 23.3 Å². The number of rotatable bonds is 4. The zero-order chi connectivity index (χ0) is 12.4. The Morgan fingerprint density at radius 3 is 2.71 bits per heavy atom. The number of aliphatic hydroxyl groups is 1. The Hall–Kier alpha value is -1.32. The van der Waals surface area contributed by atoms with E-state index in [4.69, 9.17) is 5.11 Å². The minimum absolute atomic E-state index is 0.203. The van der Waals surface area contributed by atoms with Crippen LogP contribution in [0.3, 0.4) is 0 Å². The molecule has 1 heterocycles. The number of nitrogens with one attached hydrogen (secondary N) is 1. The van der Waals surface area contributed by atoms with Crippen molar-refractivity contribution in [2.24, 2.45) is 7.05 Å². The standard InChI is InChI=1S/C14H20N2O/c1-10-14(12(15-2)8-9-17)11-6-4-5-7-13(11)16(10)3/h4-7,12,15,17H,8-9H2,1-3H3. The van der Waals surface area contributed by atoms with Crippen LogP contribution in [0.15, 0.2) is 24.3 Å². The van der Waals surface area contributed by atoms with Crippen molar-refractivity contribution >= 4 is 10.9 Å². The molecule has 92 valence electrons. The van der Waals surface area contributed by atoms with Gasteiger partial charge in [0.2, 0.25) is 0 Å². The molecule has 1 aromatic carbocycles. The second-order valence-electron chi connectivity index (χ2n) is 4.43. The van der Waals surface area contributed by atoms with Crippen LogP contribution in [-0.2, 0) is 7.05 Å². The first-order chi connectivity index (χ1) is 8.20. The van der Waals surface area contributed by atoms with Crippen molar-refractivity contribution in [1.82, 2.24) is 9.88 Å². The van der Waals surface area contributed by atoms with E-state index in [1.54, 1.807) is 0 Å². The van der Waals surface area contributed by atoms with E-state index in [0.29, 0.717) is 0 Å². The summed E-state index contributed by atoms with van der Waals surface area (Å²) in [6, 6.07) is 8.63. The first kappa shape index (κ1) is 12.1. The van der Waals surface area contributed by atoms with Crippen LogP contribution < -0.4 is 5.32 Å². The van der Waals surface area contributed by atoms with Gasteiger partial charge in [-0.3, -0.25) is 0 Å². The van der Waals surface area contributed by atoms with Gasteiger partial charge in [-0.15, -0.1) is 0 Å². The molecule has 0 aliphatic carbocycles. The van der Waals surface area contributed by atoms with Crippen LogP contribution >= 0.6 is 0 Å². The van der Waals surface area contributed by atoms with E-state index in [2.05, 4.69) is 48.1 Å². The third-order valence-corrected chi connectivity index (χ3v) is 3.56. The lowest BCUT2D eigenvalue weighted by molar-refractivity contribution is 0.269. The third kappa shape index (κ3) is 1.96. The molecule has 2 N–H and O–H groups in total. The molecule has 0 aliphatic heterocycles. The second-order valence-corrected chi connectivity index (χ2v) is 4.43. The van der Waals surface area contributed by atoms with Crippen molar-refractivity contribution in [3.8, 4) is 0 Å². The Morgan fingerprint density at radius 2 is 2.06 bits per heavy atom. The van der Waals surface area contributed by atoms with Gasteiger partial charge in [-0.05, 0) is 32.0 Å². The van der Waals surface area contributed by atoms with Gasteiger partial charge in [0.05, 0.1) is 0 Å². The lowest BCUT2D eigenvalue weighted by Crippen LogP contribution is -2.18. The maximum atomic E-state index is 9.15. The Labute approximate surface area is 102 Å². The summed E-state index contributed by atoms with van der Waals surface area (Å²) in [5.41, 5.74) is 3.82. The molecule has 2 aromatic rings. The van der Waals surface area contributed by atoms with E-state index in [1.165, 1.54) is 22.2 Å². The van der Waals surface area contributed by atoms with Crippen LogP contribution in [0.4, 0.5) is 0 Å². The monoisotopic (exact) mass is 232 g/mol. The molecule has 0 radical (unpaired) electrons. The second kappa shape index (κ2) is 4.90. The highest BCUT2D eigenvalue weighted by molar-refractivity contribution is 5.86. The van der Waals surface area contributed by atoms with Crippen LogP contribution in [0.1, 0.15) is 23.7 Å². The Kier molecular flexibility index (Phi) is 3.50. The molecule has 0 saturated carbocycles. The van der Waals surface area contributed by atoms with Crippen molar-refractivity contribution < 1.29 is 5.11 Å². The zero-order valence-corrected chi connectivity index (χ0v) is 10.7. The van der Waals surface area contributed by atoms with Gasteiger partial charge in [0, 0.05) is 36.3 Å². The topological polar surface area (TPSA) is 37.2 Å². The van der Waals surface area contributed by atoms with E-state index in [1.807, 2.05) is 7.05 Å². The van der Waals surface area contributed by atoms with Crippen molar-refractivity contribution in [3.05, 3.63) is 35.5 Å². The lowest BCUT2D eigenvalue weighted by atomic mass is 10.0. The maximum absolute atomic E-state index is 9.15. The van der Waals surface area contributed by atoms with Crippen LogP contribution in [0, 0.1) is 6.92 Å². The highest BCUT2D eigenvalue weighted by Crippen LogP contribution is 2.31. The summed E-state index contributed by atoms with van der Waals surface area (Å²) in [6.07, 6.45) is 0.741. The first-order valence-corrected chi connectivity index (χ1v) is 6.02. The van der Waals surface area contributed by atoms with E-state index >= 15 is 0 Å². The number of aromatic nitrogens is 1. The van der Waals surface area contributed by atoms with Gasteiger partial charge in [-0.2, -0.15) is 0 Å². The Balaban J connectivity index is 2.63. The van der Waals surface area contributed by atoms with E-state index in [-0.39, 0.29) is 12.6 Å². The average molecular weight is 232 g/mol. The fourth-order valence-electron chi connectivity index (χ4n) is 2.55. The van der Waals surface area contributed by atoms with Gasteiger partial charge in [0.25, 0.3) is 0 Å². The molecule has 0 amide bonds. The maximum Gasteiger partial charge on any atom is 0.0483 e. The molecule has 0 fully saturated rings. The normalized spacial score (nSPS) is 13.2. The van der Waals surface area contributed by atoms with Gasteiger partial charge in [-0.25, -0.2) is 0 Å². The molecular weight excluding hydrogens is 212 g/mol. The SMILES string of the molecule is CNC(CCO)c1c(C)n(C)c2ccccc12. The zero-order valence-electron chi connectivity index (χ0n) is 10.7. The quantitative estimate of drug-likeness (QED) is 0.847. The molecule has 0 aliphatic rings. The number of fused-ring (bicyclic) bond motifs is 1. The molecule has 3 nitrogen and oxygen atoms in total. The molecule has 3 heteroatoms. The number of aryl methyl sites for hydroxylation is 1. The highest BCUT2D eigenvalue weighted by atomic mass is 16.3. The Morgan fingerprint density at radius 1 is 1.35 bits per heavy atom. The smallest absolute Gasteiger partial charge is 0.0483 e. The molecule has 1 aromatic heterocycles. The summed E-state index contributed by atoms with van der Waals surface area (Å²) in [6.45, 7) is 2.34. The molecule has 0 saturated heterocycles. The fraction of sp³-hybridized carbons (Fsp3) is 0.429. The summed E-state index contributed by atoms with van der Waals surface area (Å²) in [4.78, 5) is 0. The van der Waals surface area contributed by atoms with Crippen molar-refractivity contribution in [2.45, 2.75) is 19.4 Å². The molecule has 0 bridgehead atoms. The van der Waals surface area contributed by atoms with Crippen LogP contribution in [0.5, 0.6) is 0 Å². The van der Waals surface area contributed by atoms with Gasteiger partial charge >= 0.3 is 0 Å². The summed E-state index contributed by atoms with van der Waals surface area (Å²) in [7, 11) is 4.04. The third-order valence-electron chi connectivity index (χ3n) is 3.56. The van der Waals surface area contributed by atoms with Gasteiger partial charge in [0.1, 0.15) is 0 Å². The molecule has 2 rings (SSSR count). The number of hydrogen-bond donors (Lipinski definition) is 2. The minimum Gasteiger partial charge on any atom is -0.396 e. The summed E-state index contributed by atoms with van der Waals surface area (Å²) >= 11 is 0. The molecule has 0 spiro atoms. The van der Waals surface area contributed by atoms with E-state index in [0.717, 1.165) is 6.42 Å². The van der Waals surface area contributed by atoms with Crippen LogP contribution in [0.2, 0.25) is 0 Å². The minimum atomic E-state index is 0.203. The molecular formula is C14H20N2O. The number of nitrogens with zero attached hydrogens (tertiary/aromatic N) is 1. The largest absolute Gasteiger partial charge is 0.396 e. The predicted octanol–water partition coefficient (Wildman–Crippen LogP) is 2.13. The number of aliphatic hydroxyl groups excluding tert-OH is 1. The summed E-state index contributed by atoms with van der Waals surface area (Å²) < 4.78 is 2.21. The number of benzene rings is 1. The van der Waals surface area contributed by atoms with Gasteiger partial charge in [0.15, 0.2) is 0 Å². The van der Waals surface area contributed by atoms with Gasteiger partial charge < -0.3 is 15.0 Å². The van der Waals surface area contributed by atoms with E-state index in [9.17, 15) is 0 Å². The summed E-state index contributed by atoms with van der Waals surface area (Å²) in [5, 5.41) is 13.7.